The summed E-state index contributed by atoms with van der Waals surface area (Å²) in [6.45, 7) is 9.09. The molecule has 0 spiro atoms. The molecule has 0 saturated carbocycles. The van der Waals surface area contributed by atoms with Crippen LogP contribution in [0.4, 0.5) is 11.5 Å². The standard InChI is InChI=1S/C22H27N5O2/c1-3-27-18-6-5-7-20(29-4-2)17(18)14-19(27)22(28)25-16-8-9-21(24-15-16)26-12-10-23-11-13-26/h5-9,14-15,23H,3-4,10-13H2,1-2H3,(H,25,28). The number of ether oxygens (including phenoxy) is 1. The molecule has 1 aromatic carbocycles. The molecule has 0 radical (unpaired) electrons. The summed E-state index contributed by atoms with van der Waals surface area (Å²) in [5, 5.41) is 7.27. The Labute approximate surface area is 170 Å². The Morgan fingerprint density at radius 2 is 2.03 bits per heavy atom. The number of hydrogen-bond donors (Lipinski definition) is 2. The molecule has 7 heteroatoms. The quantitative estimate of drug-likeness (QED) is 0.673. The Kier molecular flexibility index (Phi) is 5.67. The highest BCUT2D eigenvalue weighted by atomic mass is 16.5. The second-order valence-corrected chi connectivity index (χ2v) is 6.99. The van der Waals surface area contributed by atoms with E-state index in [2.05, 4.69) is 20.5 Å². The number of nitrogens with one attached hydrogen (secondary N) is 2. The van der Waals surface area contributed by atoms with Gasteiger partial charge in [-0.15, -0.1) is 0 Å². The summed E-state index contributed by atoms with van der Waals surface area (Å²) in [5.41, 5.74) is 2.29. The van der Waals surface area contributed by atoms with E-state index in [9.17, 15) is 4.79 Å². The number of pyridine rings is 1. The Bertz CT molecular complexity index is 990. The van der Waals surface area contributed by atoms with Gasteiger partial charge in [0.25, 0.3) is 5.91 Å². The van der Waals surface area contributed by atoms with Gasteiger partial charge in [-0.05, 0) is 44.2 Å². The van der Waals surface area contributed by atoms with E-state index in [-0.39, 0.29) is 5.91 Å². The summed E-state index contributed by atoms with van der Waals surface area (Å²) >= 11 is 0. The van der Waals surface area contributed by atoms with Gasteiger partial charge in [0, 0.05) is 38.1 Å². The van der Waals surface area contributed by atoms with E-state index >= 15 is 0 Å². The maximum atomic E-state index is 13.0. The molecule has 0 unspecified atom stereocenters. The molecule has 3 aromatic rings. The fourth-order valence-electron chi connectivity index (χ4n) is 3.80. The van der Waals surface area contributed by atoms with Gasteiger partial charge in [0.1, 0.15) is 17.3 Å². The summed E-state index contributed by atoms with van der Waals surface area (Å²) in [6, 6.07) is 11.7. The highest BCUT2D eigenvalue weighted by molar-refractivity contribution is 6.07. The Hall–Kier alpha value is -3.06. The lowest BCUT2D eigenvalue weighted by Crippen LogP contribution is -2.43. The number of nitrogens with zero attached hydrogens (tertiary/aromatic N) is 3. The molecule has 4 rings (SSSR count). The lowest BCUT2D eigenvalue weighted by atomic mass is 10.2. The largest absolute Gasteiger partial charge is 0.493 e. The zero-order chi connectivity index (χ0) is 20.2. The zero-order valence-electron chi connectivity index (χ0n) is 16.9. The predicted octanol–water partition coefficient (Wildman–Crippen LogP) is 3.12. The number of anilines is 2. The van der Waals surface area contributed by atoms with Crippen molar-refractivity contribution in [1.29, 1.82) is 0 Å². The van der Waals surface area contributed by atoms with Crippen LogP contribution in [0.3, 0.4) is 0 Å². The van der Waals surface area contributed by atoms with E-state index in [4.69, 9.17) is 4.74 Å². The maximum absolute atomic E-state index is 13.0. The van der Waals surface area contributed by atoms with Crippen molar-refractivity contribution in [3.05, 3.63) is 48.3 Å². The minimum atomic E-state index is -0.151. The number of hydrogen-bond acceptors (Lipinski definition) is 5. The van der Waals surface area contributed by atoms with E-state index in [1.54, 1.807) is 6.20 Å². The Balaban J connectivity index is 1.56. The molecule has 1 amide bonds. The van der Waals surface area contributed by atoms with Gasteiger partial charge in [-0.2, -0.15) is 0 Å². The molecule has 1 aliphatic heterocycles. The number of piperazine rings is 1. The van der Waals surface area contributed by atoms with Gasteiger partial charge in [-0.3, -0.25) is 4.79 Å². The van der Waals surface area contributed by atoms with Crippen LogP contribution in [0.25, 0.3) is 10.9 Å². The molecule has 1 fully saturated rings. The molecule has 2 aromatic heterocycles. The van der Waals surface area contributed by atoms with Crippen molar-refractivity contribution in [2.45, 2.75) is 20.4 Å². The Morgan fingerprint density at radius 1 is 1.21 bits per heavy atom. The van der Waals surface area contributed by atoms with E-state index in [0.717, 1.165) is 48.6 Å². The molecule has 1 saturated heterocycles. The number of aryl methyl sites for hydroxylation is 1. The number of amides is 1. The topological polar surface area (TPSA) is 71.4 Å². The number of aromatic nitrogens is 2. The molecule has 29 heavy (non-hydrogen) atoms. The minimum Gasteiger partial charge on any atom is -0.493 e. The first-order valence-electron chi connectivity index (χ1n) is 10.2. The monoisotopic (exact) mass is 393 g/mol. The van der Waals surface area contributed by atoms with Gasteiger partial charge in [-0.1, -0.05) is 6.07 Å². The molecule has 3 heterocycles. The average Bonchev–Trinajstić information content (AvgIpc) is 3.15. The van der Waals surface area contributed by atoms with Crippen LogP contribution in [0, 0.1) is 0 Å². The highest BCUT2D eigenvalue weighted by Gasteiger charge is 2.18. The molecule has 7 nitrogen and oxygen atoms in total. The van der Waals surface area contributed by atoms with E-state index in [1.165, 1.54) is 0 Å². The molecule has 1 aliphatic rings. The molecule has 0 bridgehead atoms. The maximum Gasteiger partial charge on any atom is 0.272 e. The minimum absolute atomic E-state index is 0.151. The molecule has 152 valence electrons. The summed E-state index contributed by atoms with van der Waals surface area (Å²) in [4.78, 5) is 19.8. The summed E-state index contributed by atoms with van der Waals surface area (Å²) in [7, 11) is 0. The van der Waals surface area contributed by atoms with E-state index < -0.39 is 0 Å². The molecular formula is C22H27N5O2. The van der Waals surface area contributed by atoms with Crippen LogP contribution in [0.5, 0.6) is 5.75 Å². The second kappa shape index (κ2) is 8.53. The van der Waals surface area contributed by atoms with Crippen LogP contribution >= 0.6 is 0 Å². The van der Waals surface area contributed by atoms with Crippen molar-refractivity contribution in [2.24, 2.45) is 0 Å². The normalized spacial score (nSPS) is 14.2. The first-order chi connectivity index (χ1) is 14.2. The predicted molar refractivity (Wildman–Crippen MR) is 116 cm³/mol. The first kappa shape index (κ1) is 19.3. The number of carbonyl (C=O) groups is 1. The van der Waals surface area contributed by atoms with Crippen LogP contribution in [0.1, 0.15) is 24.3 Å². The van der Waals surface area contributed by atoms with Gasteiger partial charge in [-0.25, -0.2) is 4.98 Å². The fourth-order valence-corrected chi connectivity index (χ4v) is 3.80. The molecular weight excluding hydrogens is 366 g/mol. The summed E-state index contributed by atoms with van der Waals surface area (Å²) in [5.74, 6) is 1.59. The van der Waals surface area contributed by atoms with Crippen molar-refractivity contribution in [3.8, 4) is 5.75 Å². The van der Waals surface area contributed by atoms with Gasteiger partial charge in [0.15, 0.2) is 0 Å². The molecule has 2 N–H and O–H groups in total. The van der Waals surface area contributed by atoms with Gasteiger partial charge in [0.2, 0.25) is 0 Å². The van der Waals surface area contributed by atoms with Crippen LogP contribution in [0.15, 0.2) is 42.6 Å². The number of fused-ring (bicyclic) bond motifs is 1. The second-order valence-electron chi connectivity index (χ2n) is 6.99. The highest BCUT2D eigenvalue weighted by Crippen LogP contribution is 2.29. The third kappa shape index (κ3) is 3.91. The van der Waals surface area contributed by atoms with Crippen LogP contribution in [0.2, 0.25) is 0 Å². The number of benzene rings is 1. The van der Waals surface area contributed by atoms with E-state index in [0.29, 0.717) is 24.5 Å². The lowest BCUT2D eigenvalue weighted by Gasteiger charge is -2.28. The van der Waals surface area contributed by atoms with Crippen LogP contribution in [-0.4, -0.2) is 48.2 Å². The van der Waals surface area contributed by atoms with Crippen LogP contribution in [-0.2, 0) is 6.54 Å². The summed E-state index contributed by atoms with van der Waals surface area (Å²) in [6.07, 6.45) is 1.72. The fraction of sp³-hybridized carbons (Fsp3) is 0.364. The summed E-state index contributed by atoms with van der Waals surface area (Å²) < 4.78 is 7.75. The third-order valence-electron chi connectivity index (χ3n) is 5.20. The van der Waals surface area contributed by atoms with Crippen LogP contribution < -0.4 is 20.3 Å². The number of carbonyl (C=O) groups excluding carboxylic acids is 1. The third-order valence-corrected chi connectivity index (χ3v) is 5.20. The Morgan fingerprint density at radius 3 is 2.72 bits per heavy atom. The van der Waals surface area contributed by atoms with Crippen molar-refractivity contribution < 1.29 is 9.53 Å². The zero-order valence-corrected chi connectivity index (χ0v) is 16.9. The first-order valence-corrected chi connectivity index (χ1v) is 10.2. The molecule has 0 atom stereocenters. The lowest BCUT2D eigenvalue weighted by molar-refractivity contribution is 0.101. The van der Waals surface area contributed by atoms with Gasteiger partial charge < -0.3 is 24.8 Å². The van der Waals surface area contributed by atoms with Crippen molar-refractivity contribution in [1.82, 2.24) is 14.9 Å². The van der Waals surface area contributed by atoms with E-state index in [1.807, 2.05) is 54.8 Å². The van der Waals surface area contributed by atoms with Gasteiger partial charge in [0.05, 0.1) is 24.0 Å². The van der Waals surface area contributed by atoms with Gasteiger partial charge >= 0.3 is 0 Å². The average molecular weight is 393 g/mol. The molecule has 0 aliphatic carbocycles. The number of rotatable bonds is 6. The van der Waals surface area contributed by atoms with Crippen molar-refractivity contribution >= 4 is 28.3 Å². The van der Waals surface area contributed by atoms with Crippen molar-refractivity contribution in [3.63, 3.8) is 0 Å². The smallest absolute Gasteiger partial charge is 0.272 e. The SMILES string of the molecule is CCOc1cccc2c1cc(C(=O)Nc1ccc(N3CCNCC3)nc1)n2CC. The van der Waals surface area contributed by atoms with Crippen molar-refractivity contribution in [2.75, 3.05) is 43.0 Å².